The van der Waals surface area contributed by atoms with Gasteiger partial charge in [0.25, 0.3) is 0 Å². The predicted molar refractivity (Wildman–Crippen MR) is 59.5 cm³/mol. The molecule has 0 amide bonds. The highest BCUT2D eigenvalue weighted by Crippen LogP contribution is 2.31. The minimum absolute atomic E-state index is 0.175. The van der Waals surface area contributed by atoms with Crippen LogP contribution in [0.1, 0.15) is 18.0 Å². The van der Waals surface area contributed by atoms with E-state index < -0.39 is 40.2 Å². The summed E-state index contributed by atoms with van der Waals surface area (Å²) >= 11 is 0. The van der Waals surface area contributed by atoms with Crippen LogP contribution in [-0.2, 0) is 4.79 Å². The van der Waals surface area contributed by atoms with E-state index in [0.717, 1.165) is 12.1 Å². The van der Waals surface area contributed by atoms with Gasteiger partial charge in [-0.2, -0.15) is 4.39 Å². The number of halogens is 2. The number of carboxylic acids is 1. The van der Waals surface area contributed by atoms with Crippen LogP contribution in [0.4, 0.5) is 14.5 Å². The molecule has 2 N–H and O–H groups in total. The summed E-state index contributed by atoms with van der Waals surface area (Å²) in [5, 5.41) is 22.3. The Kier molecular flexibility index (Phi) is 3.43. The van der Waals surface area contributed by atoms with Gasteiger partial charge in [0.15, 0.2) is 5.82 Å². The van der Waals surface area contributed by atoms with Crippen molar-refractivity contribution in [3.8, 4) is 0 Å². The number of carboxylic acid groups (broad SMARTS) is 1. The first kappa shape index (κ1) is 13.3. The van der Waals surface area contributed by atoms with Gasteiger partial charge >= 0.3 is 11.7 Å². The van der Waals surface area contributed by atoms with Gasteiger partial charge < -0.3 is 10.4 Å². The number of hydrogen-bond acceptors (Lipinski definition) is 4. The zero-order valence-electron chi connectivity index (χ0n) is 9.60. The van der Waals surface area contributed by atoms with E-state index in [4.69, 9.17) is 5.11 Å². The van der Waals surface area contributed by atoms with Crippen LogP contribution >= 0.6 is 0 Å². The van der Waals surface area contributed by atoms with Crippen LogP contribution in [0.15, 0.2) is 12.1 Å². The van der Waals surface area contributed by atoms with Crippen LogP contribution in [0.25, 0.3) is 0 Å². The molecule has 1 saturated heterocycles. The topological polar surface area (TPSA) is 92.5 Å². The van der Waals surface area contributed by atoms with Gasteiger partial charge in [0.05, 0.1) is 10.8 Å². The molecule has 0 radical (unpaired) electrons. The Hall–Kier alpha value is -2.09. The lowest BCUT2D eigenvalue weighted by molar-refractivity contribution is -0.387. The van der Waals surface area contributed by atoms with Gasteiger partial charge in [-0.25, -0.2) is 4.39 Å². The number of carbonyl (C=O) groups is 1. The lowest BCUT2D eigenvalue weighted by Crippen LogP contribution is -2.17. The zero-order valence-corrected chi connectivity index (χ0v) is 9.60. The summed E-state index contributed by atoms with van der Waals surface area (Å²) in [7, 11) is 0. The minimum atomic E-state index is -1.51. The van der Waals surface area contributed by atoms with Crippen LogP contribution in [0.2, 0.25) is 0 Å². The Balaban J connectivity index is 2.32. The van der Waals surface area contributed by atoms with Crippen molar-refractivity contribution < 1.29 is 23.6 Å². The first-order valence-corrected chi connectivity index (χ1v) is 5.49. The molecular formula is C11H10F2N2O4. The highest BCUT2D eigenvalue weighted by Gasteiger charge is 2.32. The van der Waals surface area contributed by atoms with Gasteiger partial charge in [0, 0.05) is 18.7 Å². The Bertz CT molecular complexity index is 550. The number of nitro groups is 1. The van der Waals surface area contributed by atoms with Crippen molar-refractivity contribution in [3.63, 3.8) is 0 Å². The lowest BCUT2D eigenvalue weighted by Gasteiger charge is -2.11. The fourth-order valence-electron chi connectivity index (χ4n) is 2.11. The summed E-state index contributed by atoms with van der Waals surface area (Å²) in [5.74, 6) is -4.46. The molecule has 2 rings (SSSR count). The Labute approximate surface area is 106 Å². The quantitative estimate of drug-likeness (QED) is 0.644. The largest absolute Gasteiger partial charge is 0.481 e. The second-order valence-electron chi connectivity index (χ2n) is 4.32. The first-order valence-electron chi connectivity index (χ1n) is 5.49. The van der Waals surface area contributed by atoms with Crippen LogP contribution in [0.5, 0.6) is 0 Å². The summed E-state index contributed by atoms with van der Waals surface area (Å²) in [6.45, 7) is 0.187. The molecule has 2 atom stereocenters. The maximum Gasteiger partial charge on any atom is 0.308 e. The normalized spacial score (nSPS) is 22.4. The Morgan fingerprint density at radius 1 is 1.47 bits per heavy atom. The number of rotatable bonds is 3. The predicted octanol–water partition coefficient (Wildman–Crippen LogP) is 1.61. The molecule has 1 aromatic rings. The summed E-state index contributed by atoms with van der Waals surface area (Å²) in [5.41, 5.74) is -0.773. The van der Waals surface area contributed by atoms with Crippen molar-refractivity contribution in [1.82, 2.24) is 5.32 Å². The molecule has 0 aromatic heterocycles. The van der Waals surface area contributed by atoms with E-state index in [2.05, 4.69) is 5.32 Å². The molecule has 0 aliphatic carbocycles. The van der Waals surface area contributed by atoms with Crippen molar-refractivity contribution in [2.24, 2.45) is 5.92 Å². The van der Waals surface area contributed by atoms with E-state index in [1.165, 1.54) is 0 Å². The molecule has 0 spiro atoms. The molecule has 1 fully saturated rings. The Morgan fingerprint density at radius 2 is 2.16 bits per heavy atom. The third-order valence-corrected chi connectivity index (χ3v) is 3.11. The molecule has 1 aliphatic rings. The number of nitrogens with one attached hydrogen (secondary N) is 1. The summed E-state index contributed by atoms with van der Waals surface area (Å²) < 4.78 is 26.5. The van der Waals surface area contributed by atoms with Gasteiger partial charge in [0.1, 0.15) is 0 Å². The Morgan fingerprint density at radius 3 is 2.68 bits per heavy atom. The fourth-order valence-corrected chi connectivity index (χ4v) is 2.11. The van der Waals surface area contributed by atoms with E-state index in [0.29, 0.717) is 0 Å². The molecule has 0 bridgehead atoms. The number of aliphatic carboxylic acids is 1. The van der Waals surface area contributed by atoms with Crippen molar-refractivity contribution in [3.05, 3.63) is 39.4 Å². The summed E-state index contributed by atoms with van der Waals surface area (Å²) in [4.78, 5) is 20.4. The van der Waals surface area contributed by atoms with Gasteiger partial charge in [-0.15, -0.1) is 0 Å². The SMILES string of the molecule is O=C(O)C1CNC(c2cc(F)c(F)c([N+](=O)[O-])c2)C1. The van der Waals surface area contributed by atoms with Gasteiger partial charge in [-0.05, 0) is 18.1 Å². The summed E-state index contributed by atoms with van der Waals surface area (Å²) in [6, 6.07) is 1.25. The molecular weight excluding hydrogens is 262 g/mol. The molecule has 1 heterocycles. The van der Waals surface area contributed by atoms with E-state index in [9.17, 15) is 23.7 Å². The number of benzene rings is 1. The smallest absolute Gasteiger partial charge is 0.308 e. The first-order chi connectivity index (χ1) is 8.90. The van der Waals surface area contributed by atoms with E-state index in [-0.39, 0.29) is 18.5 Å². The fraction of sp³-hybridized carbons (Fsp3) is 0.364. The highest BCUT2D eigenvalue weighted by atomic mass is 19.2. The third-order valence-electron chi connectivity index (χ3n) is 3.11. The average Bonchev–Trinajstić information content (AvgIpc) is 2.81. The number of hydrogen-bond donors (Lipinski definition) is 2. The average molecular weight is 272 g/mol. The molecule has 1 aromatic carbocycles. The second-order valence-corrected chi connectivity index (χ2v) is 4.32. The van der Waals surface area contributed by atoms with Crippen molar-refractivity contribution in [2.45, 2.75) is 12.5 Å². The minimum Gasteiger partial charge on any atom is -0.481 e. The van der Waals surface area contributed by atoms with E-state index in [1.807, 2.05) is 0 Å². The second kappa shape index (κ2) is 4.88. The van der Waals surface area contributed by atoms with Gasteiger partial charge in [-0.3, -0.25) is 14.9 Å². The van der Waals surface area contributed by atoms with Crippen molar-refractivity contribution in [2.75, 3.05) is 6.54 Å². The van der Waals surface area contributed by atoms with E-state index >= 15 is 0 Å². The molecule has 0 saturated carbocycles. The van der Waals surface area contributed by atoms with Crippen LogP contribution in [0.3, 0.4) is 0 Å². The van der Waals surface area contributed by atoms with Gasteiger partial charge in [0.2, 0.25) is 5.82 Å². The lowest BCUT2D eigenvalue weighted by atomic mass is 9.99. The maximum atomic E-state index is 13.3. The van der Waals surface area contributed by atoms with Crippen molar-refractivity contribution >= 4 is 11.7 Å². The molecule has 8 heteroatoms. The number of nitrogens with zero attached hydrogens (tertiary/aromatic N) is 1. The standard InChI is InChI=1S/C11H10F2N2O4/c12-7-1-5(3-9(10(7)13)15(18)19)8-2-6(4-14-8)11(16)17/h1,3,6,8,14H,2,4H2,(H,16,17). The van der Waals surface area contributed by atoms with Gasteiger partial charge in [-0.1, -0.05) is 0 Å². The maximum absolute atomic E-state index is 13.3. The summed E-state index contributed by atoms with van der Waals surface area (Å²) in [6.07, 6.45) is 0.178. The van der Waals surface area contributed by atoms with Crippen LogP contribution in [0, 0.1) is 27.7 Å². The monoisotopic (exact) mass is 272 g/mol. The molecule has 2 unspecified atom stereocenters. The van der Waals surface area contributed by atoms with Crippen molar-refractivity contribution in [1.29, 1.82) is 0 Å². The van der Waals surface area contributed by atoms with Crippen LogP contribution in [-0.4, -0.2) is 22.5 Å². The number of nitro benzene ring substituents is 1. The molecule has 1 aliphatic heterocycles. The van der Waals surface area contributed by atoms with E-state index in [1.54, 1.807) is 0 Å². The van der Waals surface area contributed by atoms with Crippen LogP contribution < -0.4 is 5.32 Å². The zero-order chi connectivity index (χ0) is 14.2. The molecule has 19 heavy (non-hydrogen) atoms. The third kappa shape index (κ3) is 2.53. The highest BCUT2D eigenvalue weighted by molar-refractivity contribution is 5.70. The molecule has 102 valence electrons. The molecule has 6 nitrogen and oxygen atoms in total.